The van der Waals surface area contributed by atoms with E-state index in [-0.39, 0.29) is 0 Å². The summed E-state index contributed by atoms with van der Waals surface area (Å²) < 4.78 is 11.3. The third-order valence-corrected chi connectivity index (χ3v) is 3.68. The van der Waals surface area contributed by atoms with Gasteiger partial charge in [0, 0.05) is 25.3 Å². The van der Waals surface area contributed by atoms with Crippen LogP contribution in [0, 0.1) is 11.8 Å². The third-order valence-electron chi connectivity index (χ3n) is 3.68. The lowest BCUT2D eigenvalue weighted by atomic mass is 10.2. The van der Waals surface area contributed by atoms with Crippen molar-refractivity contribution in [1.82, 2.24) is 10.2 Å². The molecule has 1 aromatic rings. The number of nitrogens with zero attached hydrogens (tertiary/aromatic N) is 1. The molecule has 0 radical (unpaired) electrons. The lowest BCUT2D eigenvalue weighted by molar-refractivity contribution is 0.1000. The highest BCUT2D eigenvalue weighted by molar-refractivity contribution is 5.12. The van der Waals surface area contributed by atoms with Crippen LogP contribution in [0.15, 0.2) is 16.7 Å². The highest BCUT2D eigenvalue weighted by Crippen LogP contribution is 2.28. The van der Waals surface area contributed by atoms with E-state index in [1.54, 1.807) is 0 Å². The van der Waals surface area contributed by atoms with Gasteiger partial charge in [0.2, 0.25) is 0 Å². The summed E-state index contributed by atoms with van der Waals surface area (Å²) in [6.07, 6.45) is 4.58. The molecule has 0 spiro atoms. The molecule has 0 aliphatic heterocycles. The summed E-state index contributed by atoms with van der Waals surface area (Å²) in [7, 11) is 2.11. The Balaban J connectivity index is 1.58. The van der Waals surface area contributed by atoms with Crippen LogP contribution in [-0.2, 0) is 17.8 Å². The predicted molar refractivity (Wildman–Crippen MR) is 85.1 cm³/mol. The Bertz CT molecular complexity index is 399. The largest absolute Gasteiger partial charge is 0.468 e. The van der Waals surface area contributed by atoms with Crippen molar-refractivity contribution in [1.29, 1.82) is 0 Å². The summed E-state index contributed by atoms with van der Waals surface area (Å²) >= 11 is 0. The minimum absolute atomic E-state index is 0.679. The molecule has 0 saturated heterocycles. The standard InChI is InChI=1S/C17H30N2O2/c1-14(2)9-18-10-16-8-17(21-13-16)11-19(3)6-7-20-12-15-4-5-15/h8,13-15,18H,4-7,9-12H2,1-3H3. The highest BCUT2D eigenvalue weighted by atomic mass is 16.5. The van der Waals surface area contributed by atoms with Gasteiger partial charge in [-0.05, 0) is 44.3 Å². The van der Waals surface area contributed by atoms with Crippen LogP contribution in [0.1, 0.15) is 38.0 Å². The molecule has 1 fully saturated rings. The van der Waals surface area contributed by atoms with E-state index in [0.29, 0.717) is 5.92 Å². The van der Waals surface area contributed by atoms with Crippen molar-refractivity contribution in [2.75, 3.05) is 33.4 Å². The summed E-state index contributed by atoms with van der Waals surface area (Å²) in [5, 5.41) is 3.43. The van der Waals surface area contributed by atoms with E-state index in [1.165, 1.54) is 18.4 Å². The maximum absolute atomic E-state index is 5.66. The van der Waals surface area contributed by atoms with Gasteiger partial charge in [-0.1, -0.05) is 13.8 Å². The number of furan rings is 1. The van der Waals surface area contributed by atoms with Crippen molar-refractivity contribution in [2.45, 2.75) is 39.8 Å². The third kappa shape index (κ3) is 7.11. The zero-order chi connectivity index (χ0) is 15.1. The van der Waals surface area contributed by atoms with Gasteiger partial charge >= 0.3 is 0 Å². The first-order valence-corrected chi connectivity index (χ1v) is 8.16. The molecular weight excluding hydrogens is 264 g/mol. The van der Waals surface area contributed by atoms with Gasteiger partial charge in [-0.25, -0.2) is 0 Å². The molecule has 1 aromatic heterocycles. The maximum atomic E-state index is 5.66. The Labute approximate surface area is 128 Å². The molecule has 0 bridgehead atoms. The Kier molecular flexibility index (Phi) is 6.74. The van der Waals surface area contributed by atoms with Crippen molar-refractivity contribution in [3.8, 4) is 0 Å². The van der Waals surface area contributed by atoms with Crippen LogP contribution in [0.2, 0.25) is 0 Å². The second-order valence-corrected chi connectivity index (χ2v) is 6.70. The Morgan fingerprint density at radius 3 is 2.95 bits per heavy atom. The van der Waals surface area contributed by atoms with Gasteiger partial charge in [-0.3, -0.25) is 4.90 Å². The molecule has 1 saturated carbocycles. The Morgan fingerprint density at radius 1 is 1.43 bits per heavy atom. The van der Waals surface area contributed by atoms with Crippen molar-refractivity contribution in [3.05, 3.63) is 23.7 Å². The van der Waals surface area contributed by atoms with Gasteiger partial charge in [-0.2, -0.15) is 0 Å². The van der Waals surface area contributed by atoms with E-state index in [9.17, 15) is 0 Å². The molecule has 1 aliphatic rings. The molecule has 0 amide bonds. The minimum atomic E-state index is 0.679. The van der Waals surface area contributed by atoms with Crippen LogP contribution >= 0.6 is 0 Å². The smallest absolute Gasteiger partial charge is 0.118 e. The van der Waals surface area contributed by atoms with Crippen LogP contribution in [0.3, 0.4) is 0 Å². The number of rotatable bonds is 11. The normalized spacial score (nSPS) is 15.3. The van der Waals surface area contributed by atoms with Gasteiger partial charge in [0.05, 0.1) is 19.4 Å². The summed E-state index contributed by atoms with van der Waals surface area (Å²) in [4.78, 5) is 2.25. The summed E-state index contributed by atoms with van der Waals surface area (Å²) in [6, 6.07) is 2.15. The number of hydrogen-bond donors (Lipinski definition) is 1. The van der Waals surface area contributed by atoms with Crippen LogP contribution in [0.25, 0.3) is 0 Å². The fourth-order valence-electron chi connectivity index (χ4n) is 2.21. The molecule has 0 unspecified atom stereocenters. The number of hydrogen-bond acceptors (Lipinski definition) is 4. The molecule has 4 heteroatoms. The fourth-order valence-corrected chi connectivity index (χ4v) is 2.21. The van der Waals surface area contributed by atoms with Crippen molar-refractivity contribution < 1.29 is 9.15 Å². The predicted octanol–water partition coefficient (Wildman–Crippen LogP) is 2.88. The van der Waals surface area contributed by atoms with Gasteiger partial charge in [0.1, 0.15) is 5.76 Å². The van der Waals surface area contributed by atoms with Crippen LogP contribution < -0.4 is 5.32 Å². The lowest BCUT2D eigenvalue weighted by Crippen LogP contribution is -2.23. The number of ether oxygens (including phenoxy) is 1. The van der Waals surface area contributed by atoms with E-state index in [0.717, 1.165) is 51.1 Å². The van der Waals surface area contributed by atoms with Crippen molar-refractivity contribution >= 4 is 0 Å². The van der Waals surface area contributed by atoms with Crippen molar-refractivity contribution in [3.63, 3.8) is 0 Å². The van der Waals surface area contributed by atoms with Gasteiger partial charge < -0.3 is 14.5 Å². The molecule has 1 heterocycles. The van der Waals surface area contributed by atoms with Crippen molar-refractivity contribution in [2.24, 2.45) is 11.8 Å². The first-order valence-electron chi connectivity index (χ1n) is 8.16. The molecule has 1 aliphatic carbocycles. The summed E-state index contributed by atoms with van der Waals surface area (Å²) in [5.74, 6) is 2.56. The molecule has 0 atom stereocenters. The second-order valence-electron chi connectivity index (χ2n) is 6.70. The second kappa shape index (κ2) is 8.57. The Hall–Kier alpha value is -0.840. The fraction of sp³-hybridized carbons (Fsp3) is 0.765. The quantitative estimate of drug-likeness (QED) is 0.637. The molecule has 120 valence electrons. The SMILES string of the molecule is CC(C)CNCc1coc(CN(C)CCOCC2CC2)c1. The molecule has 2 rings (SSSR count). The maximum Gasteiger partial charge on any atom is 0.118 e. The van der Waals surface area contributed by atoms with Crippen LogP contribution in [0.4, 0.5) is 0 Å². The molecule has 0 aromatic carbocycles. The van der Waals surface area contributed by atoms with E-state index >= 15 is 0 Å². The summed E-state index contributed by atoms with van der Waals surface area (Å²) in [5.41, 5.74) is 1.23. The topological polar surface area (TPSA) is 37.6 Å². The van der Waals surface area contributed by atoms with Gasteiger partial charge in [-0.15, -0.1) is 0 Å². The highest BCUT2D eigenvalue weighted by Gasteiger charge is 2.20. The van der Waals surface area contributed by atoms with E-state index in [2.05, 4.69) is 37.2 Å². The average Bonchev–Trinajstić information content (AvgIpc) is 3.15. The van der Waals surface area contributed by atoms with E-state index in [1.807, 2.05) is 6.26 Å². The number of likely N-dealkylation sites (N-methyl/N-ethyl adjacent to an activating group) is 1. The lowest BCUT2D eigenvalue weighted by Gasteiger charge is -2.14. The monoisotopic (exact) mass is 294 g/mol. The molecule has 1 N–H and O–H groups in total. The zero-order valence-corrected chi connectivity index (χ0v) is 13.7. The molecular formula is C17H30N2O2. The van der Waals surface area contributed by atoms with Crippen LogP contribution in [-0.4, -0.2) is 38.3 Å². The van der Waals surface area contributed by atoms with E-state index in [4.69, 9.17) is 9.15 Å². The first kappa shape index (κ1) is 16.5. The van der Waals surface area contributed by atoms with E-state index < -0.39 is 0 Å². The van der Waals surface area contributed by atoms with Gasteiger partial charge in [0.25, 0.3) is 0 Å². The minimum Gasteiger partial charge on any atom is -0.468 e. The first-order chi connectivity index (χ1) is 10.1. The average molecular weight is 294 g/mol. The zero-order valence-electron chi connectivity index (χ0n) is 13.7. The summed E-state index contributed by atoms with van der Waals surface area (Å²) in [6.45, 7) is 9.92. The molecule has 4 nitrogen and oxygen atoms in total. The number of nitrogens with one attached hydrogen (secondary N) is 1. The van der Waals surface area contributed by atoms with Gasteiger partial charge in [0.15, 0.2) is 0 Å². The molecule has 21 heavy (non-hydrogen) atoms. The Morgan fingerprint density at radius 2 is 2.24 bits per heavy atom. The van der Waals surface area contributed by atoms with Crippen LogP contribution in [0.5, 0.6) is 0 Å².